The Morgan fingerprint density at radius 1 is 1.07 bits per heavy atom. The molecule has 1 spiro atoms. The summed E-state index contributed by atoms with van der Waals surface area (Å²) in [5.74, 6) is -1.00. The van der Waals surface area contributed by atoms with Crippen LogP contribution in [0.15, 0.2) is 53.4 Å². The lowest BCUT2D eigenvalue weighted by Gasteiger charge is -2.38. The largest absolute Gasteiger partial charge is 0.573 e. The molecule has 29 heavy (non-hydrogen) atoms. The minimum absolute atomic E-state index is 0.0567. The van der Waals surface area contributed by atoms with Crippen LogP contribution in [0.3, 0.4) is 0 Å². The molecule has 6 nitrogen and oxygen atoms in total. The van der Waals surface area contributed by atoms with E-state index < -0.39 is 33.7 Å². The van der Waals surface area contributed by atoms with Crippen molar-refractivity contribution in [1.29, 1.82) is 0 Å². The maximum absolute atomic E-state index is 13.0. The van der Waals surface area contributed by atoms with Crippen molar-refractivity contribution >= 4 is 16.0 Å². The van der Waals surface area contributed by atoms with Gasteiger partial charge in [-0.1, -0.05) is 18.2 Å². The Labute approximate surface area is 164 Å². The van der Waals surface area contributed by atoms with Gasteiger partial charge in [-0.25, -0.2) is 13.2 Å². The first-order valence-electron chi connectivity index (χ1n) is 8.80. The van der Waals surface area contributed by atoms with E-state index in [1.54, 1.807) is 24.3 Å². The SMILES string of the molecule is O=C1OC2(CCCN(S(=O)(=O)c3ccc(OC(F)(F)F)cc3)C2)c2ccccc21. The molecule has 0 aromatic heterocycles. The van der Waals surface area contributed by atoms with Crippen LogP contribution in [0.25, 0.3) is 0 Å². The van der Waals surface area contributed by atoms with Gasteiger partial charge in [0.15, 0.2) is 5.60 Å². The molecule has 1 fully saturated rings. The summed E-state index contributed by atoms with van der Waals surface area (Å²) in [6.45, 7) is 0.156. The van der Waals surface area contributed by atoms with E-state index >= 15 is 0 Å². The lowest BCUT2D eigenvalue weighted by atomic mass is 9.86. The van der Waals surface area contributed by atoms with Crippen LogP contribution in [0.1, 0.15) is 28.8 Å². The normalized spacial score (nSPS) is 22.4. The highest BCUT2D eigenvalue weighted by atomic mass is 32.2. The zero-order chi connectivity index (χ0) is 20.9. The first-order chi connectivity index (χ1) is 13.6. The van der Waals surface area contributed by atoms with Gasteiger partial charge in [-0.05, 0) is 43.2 Å². The number of hydrogen-bond acceptors (Lipinski definition) is 5. The fourth-order valence-electron chi connectivity index (χ4n) is 3.80. The van der Waals surface area contributed by atoms with Gasteiger partial charge in [0.25, 0.3) is 0 Å². The van der Waals surface area contributed by atoms with Gasteiger partial charge in [0.05, 0.1) is 17.0 Å². The van der Waals surface area contributed by atoms with E-state index in [2.05, 4.69) is 4.74 Å². The number of ether oxygens (including phenoxy) is 2. The van der Waals surface area contributed by atoms with Crippen LogP contribution in [0.4, 0.5) is 13.2 Å². The zero-order valence-corrected chi connectivity index (χ0v) is 15.8. The van der Waals surface area contributed by atoms with Gasteiger partial charge in [0.2, 0.25) is 10.0 Å². The Kier molecular flexibility index (Phi) is 4.58. The number of nitrogens with zero attached hydrogens (tertiary/aromatic N) is 1. The number of halogens is 3. The molecule has 0 amide bonds. The number of alkyl halides is 3. The molecule has 2 aliphatic heterocycles. The molecule has 1 unspecified atom stereocenters. The third-order valence-electron chi connectivity index (χ3n) is 5.04. The maximum Gasteiger partial charge on any atom is 0.573 e. The summed E-state index contributed by atoms with van der Waals surface area (Å²) in [6.07, 6.45) is -3.91. The van der Waals surface area contributed by atoms with Crippen LogP contribution in [0.5, 0.6) is 5.75 Å². The molecule has 2 heterocycles. The molecule has 0 N–H and O–H groups in total. The van der Waals surface area contributed by atoms with Crippen molar-refractivity contribution in [2.24, 2.45) is 0 Å². The zero-order valence-electron chi connectivity index (χ0n) is 15.0. The lowest BCUT2D eigenvalue weighted by Crippen LogP contribution is -2.48. The summed E-state index contributed by atoms with van der Waals surface area (Å²) in [6, 6.07) is 10.9. The predicted octanol–water partition coefficient (Wildman–Crippen LogP) is 3.44. The maximum atomic E-state index is 13.0. The Morgan fingerprint density at radius 2 is 1.76 bits per heavy atom. The topological polar surface area (TPSA) is 72.9 Å². The second-order valence-electron chi connectivity index (χ2n) is 6.89. The number of piperidine rings is 1. The molecule has 154 valence electrons. The second-order valence-corrected chi connectivity index (χ2v) is 8.83. The van der Waals surface area contributed by atoms with E-state index in [1.165, 1.54) is 4.31 Å². The number of hydrogen-bond donors (Lipinski definition) is 0. The van der Waals surface area contributed by atoms with Gasteiger partial charge < -0.3 is 9.47 Å². The Bertz CT molecular complexity index is 1050. The van der Waals surface area contributed by atoms with Crippen molar-refractivity contribution in [3.05, 3.63) is 59.7 Å². The van der Waals surface area contributed by atoms with Crippen LogP contribution < -0.4 is 4.74 Å². The van der Waals surface area contributed by atoms with Crippen LogP contribution in [0, 0.1) is 0 Å². The summed E-state index contributed by atoms with van der Waals surface area (Å²) >= 11 is 0. The predicted molar refractivity (Wildman–Crippen MR) is 94.7 cm³/mol. The molecule has 0 radical (unpaired) electrons. The summed E-state index contributed by atoms with van der Waals surface area (Å²) in [4.78, 5) is 12.1. The minimum atomic E-state index is -4.86. The smallest absolute Gasteiger partial charge is 0.449 e. The molecule has 2 aliphatic rings. The minimum Gasteiger partial charge on any atom is -0.449 e. The number of carbonyl (C=O) groups is 1. The van der Waals surface area contributed by atoms with Crippen molar-refractivity contribution in [2.45, 2.75) is 29.7 Å². The van der Waals surface area contributed by atoms with Gasteiger partial charge in [0, 0.05) is 12.1 Å². The summed E-state index contributed by atoms with van der Waals surface area (Å²) in [7, 11) is -4.00. The number of sulfonamides is 1. The highest BCUT2D eigenvalue weighted by Crippen LogP contribution is 2.43. The molecule has 4 rings (SSSR count). The monoisotopic (exact) mass is 427 g/mol. The first-order valence-corrected chi connectivity index (χ1v) is 10.2. The van der Waals surface area contributed by atoms with E-state index in [0.29, 0.717) is 24.0 Å². The Hall–Kier alpha value is -2.59. The number of esters is 1. The molecule has 1 saturated heterocycles. The highest BCUT2D eigenvalue weighted by Gasteiger charge is 2.50. The number of fused-ring (bicyclic) bond motifs is 2. The second kappa shape index (κ2) is 6.74. The molecule has 2 aromatic carbocycles. The molecular weight excluding hydrogens is 411 g/mol. The average Bonchev–Trinajstić information content (AvgIpc) is 2.93. The summed E-state index contributed by atoms with van der Waals surface area (Å²) < 4.78 is 73.6. The number of benzene rings is 2. The molecule has 0 saturated carbocycles. The quantitative estimate of drug-likeness (QED) is 0.702. The van der Waals surface area contributed by atoms with Gasteiger partial charge in [0.1, 0.15) is 5.75 Å². The molecular formula is C19H16F3NO5S. The lowest BCUT2D eigenvalue weighted by molar-refractivity contribution is -0.274. The van der Waals surface area contributed by atoms with Crippen molar-refractivity contribution in [3.8, 4) is 5.75 Å². The third kappa shape index (κ3) is 3.58. The van der Waals surface area contributed by atoms with Gasteiger partial charge in [-0.15, -0.1) is 13.2 Å². The highest BCUT2D eigenvalue weighted by molar-refractivity contribution is 7.89. The van der Waals surface area contributed by atoms with Crippen molar-refractivity contribution in [1.82, 2.24) is 4.31 Å². The van der Waals surface area contributed by atoms with Crippen LogP contribution in [-0.4, -0.2) is 38.1 Å². The number of carbonyl (C=O) groups excluding carboxylic acids is 1. The Balaban J connectivity index is 1.61. The van der Waals surface area contributed by atoms with Gasteiger partial charge in [-0.3, -0.25) is 0 Å². The fraction of sp³-hybridized carbons (Fsp3) is 0.316. The van der Waals surface area contributed by atoms with Crippen LogP contribution in [0.2, 0.25) is 0 Å². The van der Waals surface area contributed by atoms with Crippen molar-refractivity contribution in [2.75, 3.05) is 13.1 Å². The van der Waals surface area contributed by atoms with E-state index in [1.807, 2.05) is 0 Å². The number of rotatable bonds is 3. The summed E-state index contributed by atoms with van der Waals surface area (Å²) in [5, 5.41) is 0. The molecule has 1 atom stereocenters. The third-order valence-corrected chi connectivity index (χ3v) is 6.90. The molecule has 10 heteroatoms. The van der Waals surface area contributed by atoms with Gasteiger partial charge >= 0.3 is 12.3 Å². The molecule has 0 aliphatic carbocycles. The van der Waals surface area contributed by atoms with E-state index in [9.17, 15) is 26.4 Å². The van der Waals surface area contributed by atoms with Crippen molar-refractivity contribution < 1.29 is 35.9 Å². The van der Waals surface area contributed by atoms with Crippen LogP contribution >= 0.6 is 0 Å². The van der Waals surface area contributed by atoms with E-state index in [0.717, 1.165) is 24.3 Å². The molecule has 0 bridgehead atoms. The van der Waals surface area contributed by atoms with E-state index in [4.69, 9.17) is 4.74 Å². The van der Waals surface area contributed by atoms with Gasteiger partial charge in [-0.2, -0.15) is 4.31 Å². The first kappa shape index (κ1) is 19.7. The van der Waals surface area contributed by atoms with Crippen LogP contribution in [-0.2, 0) is 20.4 Å². The average molecular weight is 427 g/mol. The fourth-order valence-corrected chi connectivity index (χ4v) is 5.33. The Morgan fingerprint density at radius 3 is 2.45 bits per heavy atom. The standard InChI is InChI=1S/C19H16F3NO5S/c20-19(21,22)27-13-6-8-14(9-7-13)29(25,26)23-11-3-10-18(12-23)16-5-2-1-4-15(16)17(24)28-18/h1-2,4-9H,3,10-12H2. The summed E-state index contributed by atoms with van der Waals surface area (Å²) in [5.41, 5.74) is 0.0115. The van der Waals surface area contributed by atoms with E-state index in [-0.39, 0.29) is 18.0 Å². The molecule has 2 aromatic rings. The van der Waals surface area contributed by atoms with Crippen molar-refractivity contribution in [3.63, 3.8) is 0 Å².